The molecule has 1 aromatic carbocycles. The quantitative estimate of drug-likeness (QED) is 0.870. The highest BCUT2D eigenvalue weighted by atomic mass is 32.1. The van der Waals surface area contributed by atoms with Crippen LogP contribution in [0, 0.1) is 0 Å². The van der Waals surface area contributed by atoms with E-state index in [1.165, 1.54) is 11.3 Å². The van der Waals surface area contributed by atoms with E-state index in [-0.39, 0.29) is 0 Å². The van der Waals surface area contributed by atoms with Crippen LogP contribution in [0.2, 0.25) is 0 Å². The smallest absolute Gasteiger partial charge is 0.331 e. The molecule has 4 nitrogen and oxygen atoms in total. The number of anilines is 1. The molecule has 0 radical (unpaired) electrons. The van der Waals surface area contributed by atoms with E-state index in [1.807, 2.05) is 11.4 Å². The van der Waals surface area contributed by atoms with Crippen molar-refractivity contribution in [3.05, 3.63) is 46.7 Å². The van der Waals surface area contributed by atoms with Gasteiger partial charge in [-0.25, -0.2) is 4.79 Å². The van der Waals surface area contributed by atoms with Crippen LogP contribution in [-0.2, 0) is 4.79 Å². The number of hydrogen-bond donors (Lipinski definition) is 2. The fourth-order valence-electron chi connectivity index (χ4n) is 1.56. The minimum Gasteiger partial charge on any atom is -0.497 e. The first-order valence-electron chi connectivity index (χ1n) is 5.37. The Labute approximate surface area is 109 Å². The van der Waals surface area contributed by atoms with Crippen molar-refractivity contribution in [1.82, 2.24) is 0 Å². The SMILES string of the molecule is COc1ccc(N[C@@H](C(=O)O)c2cccs2)cc1. The summed E-state index contributed by atoms with van der Waals surface area (Å²) in [5, 5.41) is 14.1. The lowest BCUT2D eigenvalue weighted by atomic mass is 10.2. The van der Waals surface area contributed by atoms with Crippen molar-refractivity contribution in [2.24, 2.45) is 0 Å². The molecule has 0 saturated heterocycles. The molecule has 94 valence electrons. The van der Waals surface area contributed by atoms with Gasteiger partial charge in [0, 0.05) is 10.6 Å². The minimum absolute atomic E-state index is 0.724. The van der Waals surface area contributed by atoms with E-state index in [9.17, 15) is 9.90 Å². The third-order valence-electron chi connectivity index (χ3n) is 2.48. The molecule has 5 heteroatoms. The summed E-state index contributed by atoms with van der Waals surface area (Å²) in [7, 11) is 1.59. The number of hydrogen-bond acceptors (Lipinski definition) is 4. The Balaban J connectivity index is 2.16. The summed E-state index contributed by atoms with van der Waals surface area (Å²) in [5.74, 6) is -0.156. The molecule has 0 aliphatic carbocycles. The molecule has 0 bridgehead atoms. The van der Waals surface area contributed by atoms with Crippen LogP contribution in [0.5, 0.6) is 5.75 Å². The molecule has 0 aliphatic rings. The van der Waals surface area contributed by atoms with Gasteiger partial charge in [0.1, 0.15) is 5.75 Å². The number of methoxy groups -OCH3 is 1. The van der Waals surface area contributed by atoms with Gasteiger partial charge in [-0.2, -0.15) is 0 Å². The molecule has 1 atom stereocenters. The molecular weight excluding hydrogens is 250 g/mol. The fraction of sp³-hybridized carbons (Fsp3) is 0.154. The van der Waals surface area contributed by atoms with Crippen molar-refractivity contribution in [1.29, 1.82) is 0 Å². The number of nitrogens with one attached hydrogen (secondary N) is 1. The lowest BCUT2D eigenvalue weighted by molar-refractivity contribution is -0.138. The molecule has 0 unspecified atom stereocenters. The van der Waals surface area contributed by atoms with E-state index in [4.69, 9.17) is 4.74 Å². The highest BCUT2D eigenvalue weighted by molar-refractivity contribution is 7.10. The van der Waals surface area contributed by atoms with Crippen molar-refractivity contribution >= 4 is 23.0 Å². The Bertz CT molecular complexity index is 508. The van der Waals surface area contributed by atoms with Gasteiger partial charge in [0.2, 0.25) is 0 Å². The number of benzene rings is 1. The van der Waals surface area contributed by atoms with Crippen molar-refractivity contribution in [3.8, 4) is 5.75 Å². The molecule has 0 spiro atoms. The Morgan fingerprint density at radius 2 is 2.06 bits per heavy atom. The molecule has 18 heavy (non-hydrogen) atoms. The van der Waals surface area contributed by atoms with Gasteiger partial charge in [-0.15, -0.1) is 11.3 Å². The Morgan fingerprint density at radius 1 is 1.33 bits per heavy atom. The van der Waals surface area contributed by atoms with Crippen LogP contribution in [-0.4, -0.2) is 18.2 Å². The van der Waals surface area contributed by atoms with Crippen LogP contribution in [0.15, 0.2) is 41.8 Å². The summed E-state index contributed by atoms with van der Waals surface area (Å²) in [6.07, 6.45) is 0. The molecular formula is C13H13NO3S. The van der Waals surface area contributed by atoms with Gasteiger partial charge in [-0.1, -0.05) is 6.07 Å². The van der Waals surface area contributed by atoms with Crippen molar-refractivity contribution in [3.63, 3.8) is 0 Å². The average molecular weight is 263 g/mol. The van der Waals surface area contributed by atoms with Crippen LogP contribution in [0.4, 0.5) is 5.69 Å². The second-order valence-electron chi connectivity index (χ2n) is 3.66. The maximum atomic E-state index is 11.2. The lowest BCUT2D eigenvalue weighted by Gasteiger charge is -2.14. The summed E-state index contributed by atoms with van der Waals surface area (Å²) < 4.78 is 5.05. The first kappa shape index (κ1) is 12.4. The zero-order valence-electron chi connectivity index (χ0n) is 9.79. The van der Waals surface area contributed by atoms with Gasteiger partial charge in [0.15, 0.2) is 6.04 Å². The summed E-state index contributed by atoms with van der Waals surface area (Å²) in [6.45, 7) is 0. The van der Waals surface area contributed by atoms with E-state index in [0.717, 1.165) is 16.3 Å². The molecule has 0 fully saturated rings. The fourth-order valence-corrected chi connectivity index (χ4v) is 2.33. The molecule has 2 aromatic rings. The Kier molecular flexibility index (Phi) is 3.84. The number of thiophene rings is 1. The maximum Gasteiger partial charge on any atom is 0.331 e. The molecule has 0 amide bonds. The normalized spacial score (nSPS) is 11.8. The second-order valence-corrected chi connectivity index (χ2v) is 4.64. The predicted octanol–water partition coefficient (Wildman–Crippen LogP) is 2.99. The van der Waals surface area contributed by atoms with Crippen LogP contribution in [0.3, 0.4) is 0 Å². The van der Waals surface area contributed by atoms with E-state index in [0.29, 0.717) is 0 Å². The number of carbonyl (C=O) groups is 1. The van der Waals surface area contributed by atoms with E-state index in [2.05, 4.69) is 5.32 Å². The zero-order chi connectivity index (χ0) is 13.0. The Hall–Kier alpha value is -2.01. The molecule has 1 heterocycles. The Morgan fingerprint density at radius 3 is 2.56 bits per heavy atom. The van der Waals surface area contributed by atoms with Crippen LogP contribution in [0.25, 0.3) is 0 Å². The number of aliphatic carboxylic acids is 1. The van der Waals surface area contributed by atoms with E-state index >= 15 is 0 Å². The third kappa shape index (κ3) is 2.81. The first-order valence-corrected chi connectivity index (χ1v) is 6.25. The summed E-state index contributed by atoms with van der Waals surface area (Å²) >= 11 is 1.42. The third-order valence-corrected chi connectivity index (χ3v) is 3.41. The topological polar surface area (TPSA) is 58.6 Å². The molecule has 2 N–H and O–H groups in total. The lowest BCUT2D eigenvalue weighted by Crippen LogP contribution is -2.19. The van der Waals surface area contributed by atoms with Gasteiger partial charge in [-0.3, -0.25) is 0 Å². The standard InChI is InChI=1S/C13H13NO3S/c1-17-10-6-4-9(5-7-10)14-12(13(15)16)11-3-2-8-18-11/h2-8,12,14H,1H3,(H,15,16)/t12-/m1/s1. The molecule has 0 aliphatic heterocycles. The number of carboxylic acids is 1. The number of carboxylic acid groups (broad SMARTS) is 1. The highest BCUT2D eigenvalue weighted by Crippen LogP contribution is 2.25. The van der Waals surface area contributed by atoms with Gasteiger partial charge in [-0.05, 0) is 35.7 Å². The first-order chi connectivity index (χ1) is 8.70. The van der Waals surface area contributed by atoms with Crippen molar-refractivity contribution in [2.75, 3.05) is 12.4 Å². The number of ether oxygens (including phenoxy) is 1. The zero-order valence-corrected chi connectivity index (χ0v) is 10.6. The highest BCUT2D eigenvalue weighted by Gasteiger charge is 2.20. The van der Waals surface area contributed by atoms with Crippen LogP contribution < -0.4 is 10.1 Å². The van der Waals surface area contributed by atoms with Gasteiger partial charge in [0.25, 0.3) is 0 Å². The predicted molar refractivity (Wildman–Crippen MR) is 71.3 cm³/mol. The summed E-state index contributed by atoms with van der Waals surface area (Å²) in [4.78, 5) is 12.0. The van der Waals surface area contributed by atoms with Crippen molar-refractivity contribution < 1.29 is 14.6 Å². The van der Waals surface area contributed by atoms with Crippen molar-refractivity contribution in [2.45, 2.75) is 6.04 Å². The monoisotopic (exact) mass is 263 g/mol. The van der Waals surface area contributed by atoms with Gasteiger partial charge in [0.05, 0.1) is 7.11 Å². The van der Waals surface area contributed by atoms with Gasteiger partial charge < -0.3 is 15.2 Å². The van der Waals surface area contributed by atoms with E-state index < -0.39 is 12.0 Å². The van der Waals surface area contributed by atoms with Crippen LogP contribution >= 0.6 is 11.3 Å². The second kappa shape index (κ2) is 5.55. The van der Waals surface area contributed by atoms with Gasteiger partial charge >= 0.3 is 5.97 Å². The maximum absolute atomic E-state index is 11.2. The minimum atomic E-state index is -0.895. The molecule has 0 saturated carbocycles. The largest absolute Gasteiger partial charge is 0.497 e. The average Bonchev–Trinajstić information content (AvgIpc) is 2.90. The molecule has 2 rings (SSSR count). The molecule has 1 aromatic heterocycles. The number of rotatable bonds is 5. The van der Waals surface area contributed by atoms with E-state index in [1.54, 1.807) is 37.4 Å². The van der Waals surface area contributed by atoms with Crippen LogP contribution in [0.1, 0.15) is 10.9 Å². The summed E-state index contributed by atoms with van der Waals surface area (Å²) in [6, 6.07) is 10.1. The summed E-state index contributed by atoms with van der Waals surface area (Å²) in [5.41, 5.74) is 0.747.